The van der Waals surface area contributed by atoms with Crippen LogP contribution in [0.1, 0.15) is 13.8 Å². The summed E-state index contributed by atoms with van der Waals surface area (Å²) in [5, 5.41) is 0. The number of ether oxygens (including phenoxy) is 5. The molecule has 0 unspecified atom stereocenters. The molecule has 2 aliphatic heterocycles. The summed E-state index contributed by atoms with van der Waals surface area (Å²) in [6.07, 6.45) is 0.817. The summed E-state index contributed by atoms with van der Waals surface area (Å²) in [5.41, 5.74) is 0. The second-order valence-corrected chi connectivity index (χ2v) is 4.74. The molecule has 2 fully saturated rings. The van der Waals surface area contributed by atoms with Gasteiger partial charge in [0.25, 0.3) is 0 Å². The zero-order valence-corrected chi connectivity index (χ0v) is 10.6. The molecule has 2 aliphatic rings. The average molecular weight is 246 g/mol. The van der Waals surface area contributed by atoms with E-state index in [1.165, 1.54) is 0 Å². The quantitative estimate of drug-likeness (QED) is 0.529. The van der Waals surface area contributed by atoms with Crippen molar-refractivity contribution in [2.75, 3.05) is 39.6 Å². The van der Waals surface area contributed by atoms with Crippen LogP contribution in [0.5, 0.6) is 0 Å². The van der Waals surface area contributed by atoms with Gasteiger partial charge < -0.3 is 23.7 Å². The highest BCUT2D eigenvalue weighted by Crippen LogP contribution is 2.10. The first-order valence-corrected chi connectivity index (χ1v) is 6.28. The smallest absolute Gasteiger partial charge is 0.104 e. The normalized spacial score (nSPS) is 30.0. The van der Waals surface area contributed by atoms with Crippen LogP contribution < -0.4 is 0 Å². The van der Waals surface area contributed by atoms with E-state index in [-0.39, 0.29) is 12.2 Å². The Kier molecular flexibility index (Phi) is 5.18. The molecular formula is C12H22O5. The number of rotatable bonds is 10. The first-order chi connectivity index (χ1) is 8.24. The zero-order valence-electron chi connectivity index (χ0n) is 10.6. The van der Waals surface area contributed by atoms with Gasteiger partial charge in [0.05, 0.1) is 51.8 Å². The Balaban J connectivity index is 1.42. The van der Waals surface area contributed by atoms with Crippen molar-refractivity contribution in [1.29, 1.82) is 0 Å². The molecule has 0 spiro atoms. The van der Waals surface area contributed by atoms with Crippen molar-refractivity contribution in [1.82, 2.24) is 0 Å². The van der Waals surface area contributed by atoms with Gasteiger partial charge in [-0.15, -0.1) is 0 Å². The summed E-state index contributed by atoms with van der Waals surface area (Å²) >= 11 is 0. The van der Waals surface area contributed by atoms with Crippen LogP contribution in [0, 0.1) is 0 Å². The molecule has 0 radical (unpaired) electrons. The van der Waals surface area contributed by atoms with Gasteiger partial charge in [-0.1, -0.05) is 0 Å². The Bertz CT molecular complexity index is 193. The topological polar surface area (TPSA) is 52.8 Å². The highest BCUT2D eigenvalue weighted by atomic mass is 16.6. The van der Waals surface area contributed by atoms with E-state index in [0.29, 0.717) is 38.6 Å². The third kappa shape index (κ3) is 6.33. The minimum absolute atomic E-state index is 0.0875. The van der Waals surface area contributed by atoms with Gasteiger partial charge >= 0.3 is 0 Å². The fourth-order valence-corrected chi connectivity index (χ4v) is 1.53. The van der Waals surface area contributed by atoms with Crippen LogP contribution in [0.15, 0.2) is 0 Å². The summed E-state index contributed by atoms with van der Waals surface area (Å²) in [4.78, 5) is 0. The minimum Gasteiger partial charge on any atom is -0.376 e. The van der Waals surface area contributed by atoms with Crippen LogP contribution in [-0.4, -0.2) is 64.1 Å². The van der Waals surface area contributed by atoms with Crippen molar-refractivity contribution in [2.45, 2.75) is 38.3 Å². The van der Waals surface area contributed by atoms with E-state index in [9.17, 15) is 0 Å². The Morgan fingerprint density at radius 2 is 1.35 bits per heavy atom. The molecule has 2 heterocycles. The van der Waals surface area contributed by atoms with Crippen molar-refractivity contribution in [2.24, 2.45) is 0 Å². The third-order valence-corrected chi connectivity index (χ3v) is 2.58. The van der Waals surface area contributed by atoms with Gasteiger partial charge in [0, 0.05) is 0 Å². The van der Waals surface area contributed by atoms with Gasteiger partial charge in [-0.25, -0.2) is 0 Å². The van der Waals surface area contributed by atoms with Crippen LogP contribution in [0.3, 0.4) is 0 Å². The van der Waals surface area contributed by atoms with Crippen molar-refractivity contribution < 1.29 is 23.7 Å². The Morgan fingerprint density at radius 3 is 1.71 bits per heavy atom. The summed E-state index contributed by atoms with van der Waals surface area (Å²) in [6.45, 7) is 8.26. The SMILES string of the molecule is C[C@H](COC[C@H]1CO1)O[C@@H](C)COC[C@H]1CO1. The molecule has 17 heavy (non-hydrogen) atoms. The fraction of sp³-hybridized carbons (Fsp3) is 1.00. The van der Waals surface area contributed by atoms with Crippen LogP contribution in [-0.2, 0) is 23.7 Å². The molecule has 0 saturated carbocycles. The zero-order chi connectivity index (χ0) is 12.1. The fourth-order valence-electron chi connectivity index (χ4n) is 1.53. The van der Waals surface area contributed by atoms with Gasteiger partial charge in [-0.2, -0.15) is 0 Å². The summed E-state index contributed by atoms with van der Waals surface area (Å²) in [7, 11) is 0. The summed E-state index contributed by atoms with van der Waals surface area (Å²) in [5.74, 6) is 0. The molecular weight excluding hydrogens is 224 g/mol. The maximum absolute atomic E-state index is 5.72. The predicted octanol–water partition coefficient (Wildman–Crippen LogP) is 0.611. The van der Waals surface area contributed by atoms with Crippen LogP contribution in [0.2, 0.25) is 0 Å². The molecule has 0 amide bonds. The molecule has 2 rings (SSSR count). The van der Waals surface area contributed by atoms with E-state index in [1.54, 1.807) is 0 Å². The Morgan fingerprint density at radius 1 is 0.941 bits per heavy atom. The largest absolute Gasteiger partial charge is 0.376 e. The molecule has 0 aliphatic carbocycles. The predicted molar refractivity (Wildman–Crippen MR) is 61.1 cm³/mol. The van der Waals surface area contributed by atoms with Crippen LogP contribution in [0.25, 0.3) is 0 Å². The maximum Gasteiger partial charge on any atom is 0.104 e. The molecule has 0 N–H and O–H groups in total. The van der Waals surface area contributed by atoms with E-state index in [2.05, 4.69) is 0 Å². The van der Waals surface area contributed by atoms with Gasteiger partial charge in [0.1, 0.15) is 12.2 Å². The van der Waals surface area contributed by atoms with Crippen LogP contribution in [0.4, 0.5) is 0 Å². The highest BCUT2D eigenvalue weighted by Gasteiger charge is 2.23. The lowest BCUT2D eigenvalue weighted by Gasteiger charge is -2.19. The average Bonchev–Trinajstić information content (AvgIpc) is 3.12. The summed E-state index contributed by atoms with van der Waals surface area (Å²) < 4.78 is 26.8. The van der Waals surface area contributed by atoms with Crippen molar-refractivity contribution in [3.8, 4) is 0 Å². The van der Waals surface area contributed by atoms with E-state index >= 15 is 0 Å². The second-order valence-electron chi connectivity index (χ2n) is 4.74. The lowest BCUT2D eigenvalue weighted by molar-refractivity contribution is -0.0727. The van der Waals surface area contributed by atoms with Gasteiger partial charge in [-0.05, 0) is 13.8 Å². The molecule has 0 aromatic rings. The van der Waals surface area contributed by atoms with Crippen molar-refractivity contribution in [3.63, 3.8) is 0 Å². The Hall–Kier alpha value is -0.200. The molecule has 0 bridgehead atoms. The van der Waals surface area contributed by atoms with Crippen molar-refractivity contribution >= 4 is 0 Å². The lowest BCUT2D eigenvalue weighted by atomic mass is 10.4. The molecule has 0 aromatic heterocycles. The molecule has 2 saturated heterocycles. The minimum atomic E-state index is 0.0875. The van der Waals surface area contributed by atoms with E-state index in [0.717, 1.165) is 13.2 Å². The van der Waals surface area contributed by atoms with Gasteiger partial charge in [-0.3, -0.25) is 0 Å². The molecule has 4 atom stereocenters. The van der Waals surface area contributed by atoms with E-state index in [1.807, 2.05) is 13.8 Å². The number of hydrogen-bond acceptors (Lipinski definition) is 5. The van der Waals surface area contributed by atoms with Gasteiger partial charge in [0.2, 0.25) is 0 Å². The highest BCUT2D eigenvalue weighted by molar-refractivity contribution is 4.68. The Labute approximate surface area is 102 Å². The molecule has 100 valence electrons. The first kappa shape index (κ1) is 13.2. The molecule has 5 heteroatoms. The van der Waals surface area contributed by atoms with Crippen molar-refractivity contribution in [3.05, 3.63) is 0 Å². The standard InChI is InChI=1S/C12H22O5/c1-9(3-13-5-11-7-15-11)17-10(2)4-14-6-12-8-16-12/h9-12H,3-8H2,1-2H3/t9-,10+,11-,12-/m0/s1. The second kappa shape index (κ2) is 6.66. The number of epoxide rings is 2. The molecule has 5 nitrogen and oxygen atoms in total. The van der Waals surface area contributed by atoms with Gasteiger partial charge in [0.15, 0.2) is 0 Å². The lowest BCUT2D eigenvalue weighted by Crippen LogP contribution is -2.26. The monoisotopic (exact) mass is 246 g/mol. The van der Waals surface area contributed by atoms with E-state index < -0.39 is 0 Å². The number of hydrogen-bond donors (Lipinski definition) is 0. The van der Waals surface area contributed by atoms with E-state index in [4.69, 9.17) is 23.7 Å². The first-order valence-electron chi connectivity index (χ1n) is 6.28. The molecule has 0 aromatic carbocycles. The maximum atomic E-state index is 5.72. The third-order valence-electron chi connectivity index (χ3n) is 2.58. The summed E-state index contributed by atoms with van der Waals surface area (Å²) in [6, 6.07) is 0. The van der Waals surface area contributed by atoms with Crippen LogP contribution >= 0.6 is 0 Å².